The molecule has 1 aliphatic rings. The Hall–Kier alpha value is -2.36. The van der Waals surface area contributed by atoms with Crippen LogP contribution in [0.2, 0.25) is 0 Å². The van der Waals surface area contributed by atoms with E-state index < -0.39 is 6.17 Å². The summed E-state index contributed by atoms with van der Waals surface area (Å²) in [5, 5.41) is 7.84. The van der Waals surface area contributed by atoms with Crippen molar-refractivity contribution in [3.05, 3.63) is 24.4 Å². The lowest BCUT2D eigenvalue weighted by molar-refractivity contribution is -0.130. The number of hydrogen-bond acceptors (Lipinski definition) is 7. The molecule has 1 saturated heterocycles. The van der Waals surface area contributed by atoms with Crippen molar-refractivity contribution in [1.82, 2.24) is 34.7 Å². The van der Waals surface area contributed by atoms with Crippen molar-refractivity contribution >= 4 is 5.91 Å². The summed E-state index contributed by atoms with van der Waals surface area (Å²) < 4.78 is 20.5. The van der Waals surface area contributed by atoms with Crippen molar-refractivity contribution < 1.29 is 13.7 Å². The van der Waals surface area contributed by atoms with Gasteiger partial charge in [-0.3, -0.25) is 14.4 Å². The zero-order chi connectivity index (χ0) is 17.8. The second-order valence-corrected chi connectivity index (χ2v) is 6.33. The molecule has 0 unspecified atom stereocenters. The van der Waals surface area contributed by atoms with Crippen LogP contribution in [0, 0.1) is 6.92 Å². The molecule has 1 fully saturated rings. The molecule has 2 aromatic rings. The van der Waals surface area contributed by atoms with Gasteiger partial charge in [-0.2, -0.15) is 10.1 Å². The van der Waals surface area contributed by atoms with Crippen LogP contribution in [0.1, 0.15) is 24.6 Å². The van der Waals surface area contributed by atoms with Crippen LogP contribution in [0.4, 0.5) is 4.39 Å². The Labute approximate surface area is 144 Å². The van der Waals surface area contributed by atoms with Crippen LogP contribution in [0.25, 0.3) is 0 Å². The molecule has 25 heavy (non-hydrogen) atoms. The number of aromatic nitrogens is 5. The average molecular weight is 351 g/mol. The first-order chi connectivity index (χ1) is 12.0. The number of rotatable bonds is 7. The first-order valence-electron chi connectivity index (χ1n) is 8.25. The van der Waals surface area contributed by atoms with Gasteiger partial charge in [0.05, 0.1) is 13.1 Å². The molecule has 0 spiro atoms. The maximum Gasteiger partial charge on any atom is 0.224 e. The van der Waals surface area contributed by atoms with Gasteiger partial charge in [0.2, 0.25) is 11.8 Å². The average Bonchev–Trinajstić information content (AvgIpc) is 3.29. The normalized spacial score (nSPS) is 20.9. The van der Waals surface area contributed by atoms with Crippen LogP contribution >= 0.6 is 0 Å². The molecule has 3 rings (SSSR count). The number of likely N-dealkylation sites (tertiary alicyclic amines) is 1. The van der Waals surface area contributed by atoms with Crippen LogP contribution in [0.5, 0.6) is 0 Å². The third-order valence-electron chi connectivity index (χ3n) is 4.32. The maximum absolute atomic E-state index is 13.9. The fourth-order valence-corrected chi connectivity index (χ4v) is 3.06. The van der Waals surface area contributed by atoms with E-state index in [0.717, 1.165) is 0 Å². The minimum atomic E-state index is -0.906. The Morgan fingerprint density at radius 3 is 3.04 bits per heavy atom. The topological polar surface area (TPSA) is 93.2 Å². The summed E-state index contributed by atoms with van der Waals surface area (Å²) in [6.07, 6.45) is 2.84. The van der Waals surface area contributed by atoms with E-state index in [1.54, 1.807) is 29.9 Å². The van der Waals surface area contributed by atoms with E-state index in [-0.39, 0.29) is 11.9 Å². The Morgan fingerprint density at radius 2 is 2.36 bits per heavy atom. The number of likely N-dealkylation sites (N-methyl/N-ethyl adjacent to an activating group) is 1. The molecule has 136 valence electrons. The number of nitrogens with zero attached hydrogens (tertiary/aromatic N) is 7. The van der Waals surface area contributed by atoms with Crippen molar-refractivity contribution in [2.24, 2.45) is 0 Å². The highest BCUT2D eigenvalue weighted by Gasteiger charge is 2.34. The molecule has 0 radical (unpaired) electrons. The van der Waals surface area contributed by atoms with Gasteiger partial charge in [-0.05, 0) is 6.42 Å². The third-order valence-corrected chi connectivity index (χ3v) is 4.32. The fraction of sp³-hybridized carbons (Fsp3) is 0.667. The van der Waals surface area contributed by atoms with Gasteiger partial charge in [0.15, 0.2) is 5.82 Å². The monoisotopic (exact) mass is 351 g/mol. The predicted octanol–water partition coefficient (Wildman–Crippen LogP) is 0.431. The lowest BCUT2D eigenvalue weighted by atomic mass is 10.2. The molecule has 9 nitrogen and oxygen atoms in total. The highest BCUT2D eigenvalue weighted by atomic mass is 19.1. The SMILES string of the molecule is Cc1nc(CN2C[C@@H](F)C[C@H]2CN(C)C(=O)CCn2cncn2)no1. The lowest BCUT2D eigenvalue weighted by Gasteiger charge is -2.27. The van der Waals surface area contributed by atoms with Gasteiger partial charge >= 0.3 is 0 Å². The van der Waals surface area contributed by atoms with E-state index in [2.05, 4.69) is 20.2 Å². The Kier molecular flexibility index (Phi) is 5.37. The van der Waals surface area contributed by atoms with Crippen LogP contribution in [0.15, 0.2) is 17.2 Å². The van der Waals surface area contributed by atoms with E-state index >= 15 is 0 Å². The molecule has 0 bridgehead atoms. The molecule has 0 aliphatic carbocycles. The molecule has 10 heteroatoms. The van der Waals surface area contributed by atoms with Crippen LogP contribution in [0.3, 0.4) is 0 Å². The van der Waals surface area contributed by atoms with Gasteiger partial charge in [-0.1, -0.05) is 5.16 Å². The molecule has 2 atom stereocenters. The van der Waals surface area contributed by atoms with Gasteiger partial charge in [-0.15, -0.1) is 0 Å². The molecule has 0 saturated carbocycles. The molecule has 1 amide bonds. The quantitative estimate of drug-likeness (QED) is 0.714. The van der Waals surface area contributed by atoms with Gasteiger partial charge in [0.25, 0.3) is 0 Å². The van der Waals surface area contributed by atoms with E-state index in [9.17, 15) is 9.18 Å². The van der Waals surface area contributed by atoms with Crippen molar-refractivity contribution in [2.45, 2.75) is 45.1 Å². The minimum Gasteiger partial charge on any atom is -0.344 e. The highest BCUT2D eigenvalue weighted by molar-refractivity contribution is 5.75. The lowest BCUT2D eigenvalue weighted by Crippen LogP contribution is -2.41. The number of carbonyl (C=O) groups excluding carboxylic acids is 1. The smallest absolute Gasteiger partial charge is 0.224 e. The van der Waals surface area contributed by atoms with Gasteiger partial charge in [0, 0.05) is 39.5 Å². The fourth-order valence-electron chi connectivity index (χ4n) is 3.06. The van der Waals surface area contributed by atoms with Gasteiger partial charge in [0.1, 0.15) is 18.8 Å². The zero-order valence-electron chi connectivity index (χ0n) is 14.4. The van der Waals surface area contributed by atoms with Gasteiger partial charge < -0.3 is 9.42 Å². The predicted molar refractivity (Wildman–Crippen MR) is 85.0 cm³/mol. The number of amides is 1. The van der Waals surface area contributed by atoms with Crippen molar-refractivity contribution in [1.29, 1.82) is 0 Å². The van der Waals surface area contributed by atoms with E-state index in [4.69, 9.17) is 4.52 Å². The molecule has 2 aromatic heterocycles. The summed E-state index contributed by atoms with van der Waals surface area (Å²) in [4.78, 5) is 23.9. The van der Waals surface area contributed by atoms with Crippen LogP contribution in [-0.2, 0) is 17.9 Å². The van der Waals surface area contributed by atoms with E-state index in [1.807, 2.05) is 4.90 Å². The number of halogens is 1. The number of carbonyl (C=O) groups is 1. The zero-order valence-corrected chi connectivity index (χ0v) is 14.4. The summed E-state index contributed by atoms with van der Waals surface area (Å²) in [5.74, 6) is 1.02. The van der Waals surface area contributed by atoms with Crippen molar-refractivity contribution in [3.8, 4) is 0 Å². The molecule has 0 N–H and O–H groups in total. The van der Waals surface area contributed by atoms with Gasteiger partial charge in [-0.25, -0.2) is 9.37 Å². The highest BCUT2D eigenvalue weighted by Crippen LogP contribution is 2.23. The number of alkyl halides is 1. The summed E-state index contributed by atoms with van der Waals surface area (Å²) in [7, 11) is 1.74. The van der Waals surface area contributed by atoms with Crippen molar-refractivity contribution in [3.63, 3.8) is 0 Å². The molecule has 3 heterocycles. The summed E-state index contributed by atoms with van der Waals surface area (Å²) in [6.45, 7) is 3.40. The largest absolute Gasteiger partial charge is 0.344 e. The second kappa shape index (κ2) is 7.68. The second-order valence-electron chi connectivity index (χ2n) is 6.33. The molecule has 1 aliphatic heterocycles. The standard InChI is InChI=1S/C15H22FN7O2/c1-11-19-14(20-25-11)8-22-6-12(16)5-13(22)7-21(2)15(24)3-4-23-10-17-9-18-23/h9-10,12-13H,3-8H2,1-2H3/t12-,13-/m0/s1. The summed E-state index contributed by atoms with van der Waals surface area (Å²) >= 11 is 0. The Balaban J connectivity index is 1.52. The van der Waals surface area contributed by atoms with Crippen LogP contribution < -0.4 is 0 Å². The molecular weight excluding hydrogens is 329 g/mol. The Bertz CT molecular complexity index is 690. The Morgan fingerprint density at radius 1 is 1.52 bits per heavy atom. The third kappa shape index (κ3) is 4.59. The first-order valence-corrected chi connectivity index (χ1v) is 8.25. The number of aryl methyl sites for hydroxylation is 2. The maximum atomic E-state index is 13.9. The summed E-state index contributed by atoms with van der Waals surface area (Å²) in [6, 6.07) is -0.0610. The summed E-state index contributed by atoms with van der Waals surface area (Å²) in [5.41, 5.74) is 0. The van der Waals surface area contributed by atoms with E-state index in [1.165, 1.54) is 6.33 Å². The molecular formula is C15H22FN7O2. The van der Waals surface area contributed by atoms with Crippen LogP contribution in [-0.4, -0.2) is 73.0 Å². The molecule has 0 aromatic carbocycles. The van der Waals surface area contributed by atoms with E-state index in [0.29, 0.717) is 50.7 Å². The first kappa shape index (κ1) is 17.5. The number of hydrogen-bond donors (Lipinski definition) is 0. The van der Waals surface area contributed by atoms with Crippen molar-refractivity contribution in [2.75, 3.05) is 20.1 Å². The minimum absolute atomic E-state index is 0.00633.